The maximum Gasteiger partial charge on any atom is 0.261 e. The second-order valence-electron chi connectivity index (χ2n) is 4.29. The lowest BCUT2D eigenvalue weighted by Gasteiger charge is -2.13. The highest BCUT2D eigenvalue weighted by Crippen LogP contribution is 2.22. The van der Waals surface area contributed by atoms with Crippen molar-refractivity contribution < 1.29 is 9.59 Å². The molecule has 8 heteroatoms. The Morgan fingerprint density at radius 3 is 2.05 bits per heavy atom. The molecule has 0 unspecified atom stereocenters. The van der Waals surface area contributed by atoms with E-state index in [0.29, 0.717) is 25.0 Å². The average molecular weight is 363 g/mol. The Kier molecular flexibility index (Phi) is 5.64. The van der Waals surface area contributed by atoms with Crippen molar-refractivity contribution in [3.05, 3.63) is 42.7 Å². The molecule has 4 nitrogen and oxygen atoms in total. The number of carbonyl (C=O) groups excluding carboxylic acids is 2. The summed E-state index contributed by atoms with van der Waals surface area (Å²) >= 11 is 14.0. The molecule has 0 bridgehead atoms. The molecule has 0 aliphatic carbocycles. The SMILES string of the molecule is C[C@H](CNC(=O)c1ccc(Cl)s1)NC(=O)c1ccc(Cl)s1. The quantitative estimate of drug-likeness (QED) is 0.852. The van der Waals surface area contributed by atoms with E-state index in [2.05, 4.69) is 10.6 Å². The largest absolute Gasteiger partial charge is 0.349 e. The van der Waals surface area contributed by atoms with Crippen LogP contribution in [-0.2, 0) is 0 Å². The molecular formula is C13H12Cl2N2O2S2. The third-order valence-corrected chi connectivity index (χ3v) is 5.00. The van der Waals surface area contributed by atoms with Gasteiger partial charge in [0.25, 0.3) is 11.8 Å². The van der Waals surface area contributed by atoms with Crippen molar-refractivity contribution in [3.8, 4) is 0 Å². The van der Waals surface area contributed by atoms with Crippen molar-refractivity contribution in [2.75, 3.05) is 6.54 Å². The number of carbonyl (C=O) groups is 2. The molecule has 2 amide bonds. The second-order valence-corrected chi connectivity index (χ2v) is 7.72. The summed E-state index contributed by atoms with van der Waals surface area (Å²) in [5.41, 5.74) is 0. The van der Waals surface area contributed by atoms with Gasteiger partial charge in [-0.1, -0.05) is 23.2 Å². The minimum Gasteiger partial charge on any atom is -0.349 e. The molecule has 0 radical (unpaired) electrons. The number of hydrogen-bond donors (Lipinski definition) is 2. The summed E-state index contributed by atoms with van der Waals surface area (Å²) in [5, 5.41) is 5.55. The first-order valence-electron chi connectivity index (χ1n) is 6.05. The first kappa shape index (κ1) is 16.3. The van der Waals surface area contributed by atoms with Crippen LogP contribution in [0.25, 0.3) is 0 Å². The van der Waals surface area contributed by atoms with Crippen LogP contribution < -0.4 is 10.6 Å². The van der Waals surface area contributed by atoms with E-state index in [4.69, 9.17) is 23.2 Å². The van der Waals surface area contributed by atoms with Crippen molar-refractivity contribution >= 4 is 57.7 Å². The normalized spacial score (nSPS) is 12.0. The first-order valence-corrected chi connectivity index (χ1v) is 8.44. The van der Waals surface area contributed by atoms with Crippen molar-refractivity contribution in [3.63, 3.8) is 0 Å². The third kappa shape index (κ3) is 4.71. The molecule has 0 fully saturated rings. The van der Waals surface area contributed by atoms with Gasteiger partial charge in [0.05, 0.1) is 18.4 Å². The zero-order valence-electron chi connectivity index (χ0n) is 11.0. The van der Waals surface area contributed by atoms with Crippen molar-refractivity contribution in [1.29, 1.82) is 0 Å². The van der Waals surface area contributed by atoms with Gasteiger partial charge in [-0.25, -0.2) is 0 Å². The van der Waals surface area contributed by atoms with Gasteiger partial charge < -0.3 is 10.6 Å². The van der Waals surface area contributed by atoms with Gasteiger partial charge in [-0.3, -0.25) is 9.59 Å². The number of thiophene rings is 2. The maximum absolute atomic E-state index is 11.9. The van der Waals surface area contributed by atoms with Crippen molar-refractivity contribution in [2.24, 2.45) is 0 Å². The van der Waals surface area contributed by atoms with Gasteiger partial charge in [0.1, 0.15) is 0 Å². The Bertz CT molecular complexity index is 654. The lowest BCUT2D eigenvalue weighted by atomic mass is 10.3. The molecule has 2 aromatic heterocycles. The molecule has 0 saturated carbocycles. The molecule has 0 aliphatic heterocycles. The molecule has 112 valence electrons. The molecule has 2 aromatic rings. The van der Waals surface area contributed by atoms with Gasteiger partial charge >= 0.3 is 0 Å². The first-order chi connectivity index (χ1) is 9.95. The van der Waals surface area contributed by atoms with Crippen LogP contribution >= 0.6 is 45.9 Å². The van der Waals surface area contributed by atoms with Crippen LogP contribution in [0.2, 0.25) is 8.67 Å². The smallest absolute Gasteiger partial charge is 0.261 e. The number of hydrogen-bond acceptors (Lipinski definition) is 4. The van der Waals surface area contributed by atoms with Gasteiger partial charge in [-0.15, -0.1) is 22.7 Å². The lowest BCUT2D eigenvalue weighted by Crippen LogP contribution is -2.41. The average Bonchev–Trinajstić information content (AvgIpc) is 3.04. The fourth-order valence-electron chi connectivity index (χ4n) is 1.55. The van der Waals surface area contributed by atoms with E-state index < -0.39 is 0 Å². The predicted octanol–water partition coefficient (Wildman–Crippen LogP) is 3.66. The summed E-state index contributed by atoms with van der Waals surface area (Å²) in [6.45, 7) is 2.15. The van der Waals surface area contributed by atoms with E-state index >= 15 is 0 Å². The van der Waals surface area contributed by atoms with Crippen LogP contribution in [0.4, 0.5) is 0 Å². The van der Waals surface area contributed by atoms with Gasteiger partial charge in [0.2, 0.25) is 0 Å². The molecule has 2 heterocycles. The summed E-state index contributed by atoms with van der Waals surface area (Å²) < 4.78 is 1.13. The van der Waals surface area contributed by atoms with Gasteiger partial charge in [0.15, 0.2) is 0 Å². The molecule has 0 spiro atoms. The monoisotopic (exact) mass is 362 g/mol. The van der Waals surface area contributed by atoms with Crippen molar-refractivity contribution in [1.82, 2.24) is 10.6 Å². The highest BCUT2D eigenvalue weighted by atomic mass is 35.5. The Balaban J connectivity index is 1.80. The molecule has 0 saturated heterocycles. The van der Waals surface area contributed by atoms with Gasteiger partial charge in [-0.05, 0) is 31.2 Å². The van der Waals surface area contributed by atoms with Gasteiger partial charge in [0, 0.05) is 12.6 Å². The molecule has 21 heavy (non-hydrogen) atoms. The third-order valence-electron chi connectivity index (χ3n) is 2.54. The molecule has 2 rings (SSSR count). The zero-order chi connectivity index (χ0) is 15.4. The summed E-state index contributed by atoms with van der Waals surface area (Å²) in [7, 11) is 0. The standard InChI is InChI=1S/C13H12Cl2N2O2S2/c1-7(17-13(19)9-3-5-11(15)21-9)6-16-12(18)8-2-4-10(14)20-8/h2-5,7H,6H2,1H3,(H,16,18)(H,17,19)/t7-/m1/s1. The topological polar surface area (TPSA) is 58.2 Å². The van der Waals surface area contributed by atoms with E-state index in [0.717, 1.165) is 0 Å². The summed E-state index contributed by atoms with van der Waals surface area (Å²) in [4.78, 5) is 24.8. The van der Waals surface area contributed by atoms with Crippen LogP contribution in [0.15, 0.2) is 24.3 Å². The van der Waals surface area contributed by atoms with Crippen LogP contribution in [0.5, 0.6) is 0 Å². The Morgan fingerprint density at radius 2 is 1.57 bits per heavy atom. The number of rotatable bonds is 5. The van der Waals surface area contributed by atoms with Crippen LogP contribution in [0.3, 0.4) is 0 Å². The Morgan fingerprint density at radius 1 is 1.05 bits per heavy atom. The predicted molar refractivity (Wildman–Crippen MR) is 87.9 cm³/mol. The van der Waals surface area contributed by atoms with Crippen molar-refractivity contribution in [2.45, 2.75) is 13.0 Å². The molecule has 2 N–H and O–H groups in total. The second kappa shape index (κ2) is 7.26. The summed E-state index contributed by atoms with van der Waals surface area (Å²) in [6.07, 6.45) is 0. The minimum absolute atomic E-state index is 0.197. The highest BCUT2D eigenvalue weighted by molar-refractivity contribution is 7.18. The van der Waals surface area contributed by atoms with E-state index in [-0.39, 0.29) is 17.9 Å². The highest BCUT2D eigenvalue weighted by Gasteiger charge is 2.14. The molecule has 0 aromatic carbocycles. The molecular weight excluding hydrogens is 351 g/mol. The summed E-state index contributed by atoms with van der Waals surface area (Å²) in [6, 6.07) is 6.49. The fourth-order valence-corrected chi connectivity index (χ4v) is 3.46. The van der Waals surface area contributed by atoms with E-state index in [1.165, 1.54) is 22.7 Å². The number of amides is 2. The van der Waals surface area contributed by atoms with Crippen LogP contribution in [-0.4, -0.2) is 24.4 Å². The number of halogens is 2. The lowest BCUT2D eigenvalue weighted by molar-refractivity contribution is 0.0916. The molecule has 1 atom stereocenters. The zero-order valence-corrected chi connectivity index (χ0v) is 14.1. The Labute approximate surface area is 140 Å². The van der Waals surface area contributed by atoms with Crippen LogP contribution in [0, 0.1) is 0 Å². The van der Waals surface area contributed by atoms with E-state index in [9.17, 15) is 9.59 Å². The molecule has 0 aliphatic rings. The summed E-state index contributed by atoms with van der Waals surface area (Å²) in [5.74, 6) is -0.403. The Hall–Kier alpha value is -1.08. The maximum atomic E-state index is 11.9. The van der Waals surface area contributed by atoms with Gasteiger partial charge in [-0.2, -0.15) is 0 Å². The van der Waals surface area contributed by atoms with E-state index in [1.807, 2.05) is 6.92 Å². The fraction of sp³-hybridized carbons (Fsp3) is 0.231. The van der Waals surface area contributed by atoms with E-state index in [1.54, 1.807) is 24.3 Å². The minimum atomic E-state index is -0.202. The number of nitrogens with one attached hydrogen (secondary N) is 2. The van der Waals surface area contributed by atoms with Crippen LogP contribution in [0.1, 0.15) is 26.3 Å².